The fourth-order valence-corrected chi connectivity index (χ4v) is 6.34. The molecule has 1 aromatic carbocycles. The zero-order chi connectivity index (χ0) is 22.8. The third kappa shape index (κ3) is 4.83. The second-order valence-corrected chi connectivity index (χ2v) is 11.1. The lowest BCUT2D eigenvalue weighted by Gasteiger charge is -2.30. The van der Waals surface area contributed by atoms with E-state index in [1.54, 1.807) is 14.1 Å². The van der Waals surface area contributed by atoms with E-state index in [1.165, 1.54) is 39.9 Å². The summed E-state index contributed by atoms with van der Waals surface area (Å²) >= 11 is 1.34. The zero-order valence-corrected chi connectivity index (χ0v) is 20.0. The molecule has 0 bridgehead atoms. The summed E-state index contributed by atoms with van der Waals surface area (Å²) in [4.78, 5) is 26.1. The van der Waals surface area contributed by atoms with Gasteiger partial charge in [-0.15, -0.1) is 11.3 Å². The molecule has 1 heterocycles. The summed E-state index contributed by atoms with van der Waals surface area (Å²) in [7, 11) is -0.435. The molecule has 3 rings (SSSR count). The molecule has 0 spiro atoms. The average Bonchev–Trinajstić information content (AvgIpc) is 3.06. The summed E-state index contributed by atoms with van der Waals surface area (Å²) in [5, 5.41) is 5.87. The Morgan fingerprint density at radius 2 is 1.65 bits per heavy atom. The first kappa shape index (κ1) is 23.4. The van der Waals surface area contributed by atoms with Crippen molar-refractivity contribution in [1.29, 1.82) is 0 Å². The van der Waals surface area contributed by atoms with Crippen molar-refractivity contribution in [3.63, 3.8) is 0 Å². The quantitative estimate of drug-likeness (QED) is 0.678. The Bertz CT molecular complexity index is 1070. The smallest absolute Gasteiger partial charge is 0.256 e. The summed E-state index contributed by atoms with van der Waals surface area (Å²) < 4.78 is 27.4. The standard InChI is InChI=1S/C22H29N3O4S2/c1-14-15(2)30-22(19(14)21(27)23-3)24-20(26)16-10-12-18(13-11-16)31(28,29)25(4)17-8-6-5-7-9-17/h10-13,17H,5-9H2,1-4H3,(H,23,27)(H,24,26). The highest BCUT2D eigenvalue weighted by atomic mass is 32.2. The largest absolute Gasteiger partial charge is 0.355 e. The fourth-order valence-electron chi connectivity index (χ4n) is 3.87. The van der Waals surface area contributed by atoms with Crippen molar-refractivity contribution in [2.45, 2.75) is 56.9 Å². The molecule has 2 N–H and O–H groups in total. The Morgan fingerprint density at radius 1 is 1.03 bits per heavy atom. The average molecular weight is 464 g/mol. The van der Waals surface area contributed by atoms with Crippen LogP contribution < -0.4 is 10.6 Å². The highest BCUT2D eigenvalue weighted by Crippen LogP contribution is 2.33. The van der Waals surface area contributed by atoms with E-state index in [-0.39, 0.29) is 16.8 Å². The molecule has 1 fully saturated rings. The lowest BCUT2D eigenvalue weighted by atomic mass is 9.96. The minimum atomic E-state index is -3.61. The van der Waals surface area contributed by atoms with E-state index in [0.717, 1.165) is 42.5 Å². The molecule has 0 aliphatic heterocycles. The summed E-state index contributed by atoms with van der Waals surface area (Å²) in [5.74, 6) is -0.652. The van der Waals surface area contributed by atoms with Gasteiger partial charge in [-0.25, -0.2) is 8.42 Å². The van der Waals surface area contributed by atoms with Gasteiger partial charge in [0.1, 0.15) is 5.00 Å². The fraction of sp³-hybridized carbons (Fsp3) is 0.455. The SMILES string of the molecule is CNC(=O)c1c(NC(=O)c2ccc(S(=O)(=O)N(C)C3CCCCC3)cc2)sc(C)c1C. The van der Waals surface area contributed by atoms with Crippen molar-refractivity contribution < 1.29 is 18.0 Å². The number of hydrogen-bond donors (Lipinski definition) is 2. The van der Waals surface area contributed by atoms with Crippen molar-refractivity contribution in [3.8, 4) is 0 Å². The number of amides is 2. The van der Waals surface area contributed by atoms with Crippen LogP contribution >= 0.6 is 11.3 Å². The van der Waals surface area contributed by atoms with Gasteiger partial charge in [-0.2, -0.15) is 4.31 Å². The molecule has 2 amide bonds. The van der Waals surface area contributed by atoms with Gasteiger partial charge in [-0.1, -0.05) is 19.3 Å². The van der Waals surface area contributed by atoms with E-state index < -0.39 is 15.9 Å². The van der Waals surface area contributed by atoms with E-state index in [1.807, 2.05) is 13.8 Å². The van der Waals surface area contributed by atoms with Gasteiger partial charge < -0.3 is 10.6 Å². The predicted octanol–water partition coefficient (Wildman–Crippen LogP) is 3.93. The van der Waals surface area contributed by atoms with E-state index in [2.05, 4.69) is 10.6 Å². The number of carbonyl (C=O) groups is 2. The molecule has 2 aromatic rings. The minimum absolute atomic E-state index is 0.0233. The maximum Gasteiger partial charge on any atom is 0.256 e. The Labute approximate surface area is 187 Å². The topological polar surface area (TPSA) is 95.6 Å². The van der Waals surface area contributed by atoms with Gasteiger partial charge >= 0.3 is 0 Å². The number of sulfonamides is 1. The molecule has 7 nitrogen and oxygen atoms in total. The maximum atomic E-state index is 13.0. The Kier molecular flexibility index (Phi) is 7.18. The lowest BCUT2D eigenvalue weighted by Crippen LogP contribution is -2.38. The molecule has 9 heteroatoms. The molecule has 0 saturated heterocycles. The molecule has 1 aliphatic carbocycles. The molecule has 0 unspecified atom stereocenters. The first-order valence-corrected chi connectivity index (χ1v) is 12.6. The lowest BCUT2D eigenvalue weighted by molar-refractivity contribution is 0.0963. The van der Waals surface area contributed by atoms with Gasteiger partial charge in [0, 0.05) is 30.6 Å². The predicted molar refractivity (Wildman–Crippen MR) is 123 cm³/mol. The van der Waals surface area contributed by atoms with Gasteiger partial charge in [0.2, 0.25) is 10.0 Å². The van der Waals surface area contributed by atoms with Crippen molar-refractivity contribution in [2.75, 3.05) is 19.4 Å². The molecule has 1 aliphatic rings. The Morgan fingerprint density at radius 3 is 2.23 bits per heavy atom. The van der Waals surface area contributed by atoms with Crippen LogP contribution in [0, 0.1) is 13.8 Å². The van der Waals surface area contributed by atoms with E-state index >= 15 is 0 Å². The second-order valence-electron chi connectivity index (χ2n) is 7.86. The van der Waals surface area contributed by atoms with Crippen LogP contribution in [-0.2, 0) is 10.0 Å². The molecule has 1 saturated carbocycles. The monoisotopic (exact) mass is 463 g/mol. The molecule has 0 radical (unpaired) electrons. The van der Waals surface area contributed by atoms with Crippen LogP contribution in [-0.4, -0.2) is 44.7 Å². The van der Waals surface area contributed by atoms with Crippen molar-refractivity contribution >= 4 is 38.2 Å². The summed E-state index contributed by atoms with van der Waals surface area (Å²) in [6.45, 7) is 3.74. The Balaban J connectivity index is 1.78. The number of hydrogen-bond acceptors (Lipinski definition) is 5. The molecular weight excluding hydrogens is 434 g/mol. The number of aryl methyl sites for hydroxylation is 1. The van der Waals surface area contributed by atoms with Crippen molar-refractivity contribution in [3.05, 3.63) is 45.8 Å². The minimum Gasteiger partial charge on any atom is -0.355 e. The van der Waals surface area contributed by atoms with Crippen LogP contribution in [0.5, 0.6) is 0 Å². The van der Waals surface area contributed by atoms with E-state index in [9.17, 15) is 18.0 Å². The molecule has 31 heavy (non-hydrogen) atoms. The van der Waals surface area contributed by atoms with Gasteiger partial charge in [0.25, 0.3) is 11.8 Å². The molecule has 168 valence electrons. The molecule has 0 atom stereocenters. The van der Waals surface area contributed by atoms with Crippen LogP contribution in [0.2, 0.25) is 0 Å². The first-order chi connectivity index (χ1) is 14.7. The second kappa shape index (κ2) is 9.50. The van der Waals surface area contributed by atoms with E-state index in [4.69, 9.17) is 0 Å². The maximum absolute atomic E-state index is 13.0. The summed E-state index contributed by atoms with van der Waals surface area (Å²) in [6.07, 6.45) is 5.00. The number of carbonyl (C=O) groups excluding carboxylic acids is 2. The summed E-state index contributed by atoms with van der Waals surface area (Å²) in [5.41, 5.74) is 1.60. The Hall–Kier alpha value is -2.23. The number of anilines is 1. The van der Waals surface area contributed by atoms with Crippen LogP contribution in [0.1, 0.15) is 63.3 Å². The van der Waals surface area contributed by atoms with Crippen LogP contribution in [0.25, 0.3) is 0 Å². The van der Waals surface area contributed by atoms with E-state index in [0.29, 0.717) is 16.1 Å². The van der Waals surface area contributed by atoms with Gasteiger partial charge in [0.05, 0.1) is 10.5 Å². The highest BCUT2D eigenvalue weighted by Gasteiger charge is 2.29. The number of benzene rings is 1. The van der Waals surface area contributed by atoms with Crippen LogP contribution in [0.4, 0.5) is 5.00 Å². The van der Waals surface area contributed by atoms with Gasteiger partial charge in [-0.05, 0) is 56.5 Å². The normalized spacial score (nSPS) is 15.1. The number of rotatable bonds is 6. The third-order valence-corrected chi connectivity index (χ3v) is 9.00. The van der Waals surface area contributed by atoms with Crippen molar-refractivity contribution in [1.82, 2.24) is 9.62 Å². The van der Waals surface area contributed by atoms with Gasteiger partial charge in [0.15, 0.2) is 0 Å². The van der Waals surface area contributed by atoms with Crippen LogP contribution in [0.15, 0.2) is 29.2 Å². The number of nitrogens with one attached hydrogen (secondary N) is 2. The van der Waals surface area contributed by atoms with Crippen LogP contribution in [0.3, 0.4) is 0 Å². The first-order valence-electron chi connectivity index (χ1n) is 10.4. The molecular formula is C22H29N3O4S2. The third-order valence-electron chi connectivity index (χ3n) is 5.95. The van der Waals surface area contributed by atoms with Crippen molar-refractivity contribution in [2.24, 2.45) is 0 Å². The van der Waals surface area contributed by atoms with Gasteiger partial charge in [-0.3, -0.25) is 9.59 Å². The molecule has 1 aromatic heterocycles. The number of thiophene rings is 1. The summed E-state index contributed by atoms with van der Waals surface area (Å²) in [6, 6.07) is 5.96. The zero-order valence-electron chi connectivity index (χ0n) is 18.3. The number of nitrogens with zero attached hydrogens (tertiary/aromatic N) is 1. The highest BCUT2D eigenvalue weighted by molar-refractivity contribution is 7.89.